The van der Waals surface area contributed by atoms with Crippen molar-refractivity contribution in [2.75, 3.05) is 33.3 Å². The maximum absolute atomic E-state index is 15.0. The Balaban J connectivity index is 1.46. The number of aromatic nitrogens is 1. The molecular formula is C30H34FN3O5. The third-order valence-electron chi connectivity index (χ3n) is 7.68. The first kappa shape index (κ1) is 27.1. The number of aryl methyl sites for hydroxylation is 1. The largest absolute Gasteiger partial charge is 0.485 e. The molecule has 0 radical (unpaired) electrons. The Bertz CT molecular complexity index is 1340. The van der Waals surface area contributed by atoms with Gasteiger partial charge in [-0.25, -0.2) is 9.37 Å². The molecule has 3 N–H and O–H groups in total. The van der Waals surface area contributed by atoms with Crippen molar-refractivity contribution in [2.45, 2.75) is 38.5 Å². The molecule has 2 aliphatic rings. The summed E-state index contributed by atoms with van der Waals surface area (Å²) in [6.45, 7) is 5.77. The van der Waals surface area contributed by atoms with E-state index in [0.717, 1.165) is 61.3 Å². The number of rotatable bonds is 8. The van der Waals surface area contributed by atoms with E-state index in [1.807, 2.05) is 18.2 Å². The van der Waals surface area contributed by atoms with Crippen molar-refractivity contribution in [3.8, 4) is 22.8 Å². The zero-order chi connectivity index (χ0) is 27.5. The number of carboxylic acid groups (broad SMARTS) is 1. The summed E-state index contributed by atoms with van der Waals surface area (Å²) in [7, 11) is 1.51. The second-order valence-electron chi connectivity index (χ2n) is 10.2. The number of ether oxygens (including phenoxy) is 2. The first-order valence-electron chi connectivity index (χ1n) is 13.3. The van der Waals surface area contributed by atoms with Crippen molar-refractivity contribution >= 4 is 5.97 Å². The number of hydrogen-bond acceptors (Lipinski definition) is 7. The van der Waals surface area contributed by atoms with Gasteiger partial charge in [0, 0.05) is 44.4 Å². The lowest BCUT2D eigenvalue weighted by molar-refractivity contribution is -0.145. The predicted octanol–water partition coefficient (Wildman–Crippen LogP) is 4.12. The van der Waals surface area contributed by atoms with Crippen LogP contribution in [-0.2, 0) is 17.8 Å². The molecule has 8 nitrogen and oxygen atoms in total. The molecule has 0 bridgehead atoms. The van der Waals surface area contributed by atoms with E-state index in [2.05, 4.69) is 21.3 Å². The van der Waals surface area contributed by atoms with Crippen LogP contribution in [0.1, 0.15) is 47.8 Å². The Labute approximate surface area is 227 Å². The van der Waals surface area contributed by atoms with Crippen molar-refractivity contribution in [1.82, 2.24) is 15.2 Å². The molecule has 0 aliphatic carbocycles. The lowest BCUT2D eigenvalue weighted by Crippen LogP contribution is -2.43. The summed E-state index contributed by atoms with van der Waals surface area (Å²) < 4.78 is 26.6. The zero-order valence-corrected chi connectivity index (χ0v) is 22.2. The molecule has 3 heterocycles. The van der Waals surface area contributed by atoms with Gasteiger partial charge in [0.1, 0.15) is 17.7 Å². The first-order valence-corrected chi connectivity index (χ1v) is 13.3. The molecule has 5 rings (SSSR count). The van der Waals surface area contributed by atoms with Gasteiger partial charge >= 0.3 is 5.97 Å². The summed E-state index contributed by atoms with van der Waals surface area (Å²) in [5.41, 5.74) is 4.76. The topological polar surface area (TPSA) is 104 Å². The minimum absolute atomic E-state index is 0.227. The molecule has 1 fully saturated rings. The average Bonchev–Trinajstić information content (AvgIpc) is 2.96. The van der Waals surface area contributed by atoms with Gasteiger partial charge in [-0.1, -0.05) is 30.3 Å². The Morgan fingerprint density at radius 2 is 2.00 bits per heavy atom. The van der Waals surface area contributed by atoms with E-state index in [0.29, 0.717) is 29.3 Å². The number of pyridine rings is 1. The van der Waals surface area contributed by atoms with Crippen LogP contribution >= 0.6 is 0 Å². The summed E-state index contributed by atoms with van der Waals surface area (Å²) in [6.07, 6.45) is 1.39. The molecule has 0 amide bonds. The van der Waals surface area contributed by atoms with Gasteiger partial charge in [0.2, 0.25) is 5.88 Å². The van der Waals surface area contributed by atoms with E-state index in [1.54, 1.807) is 18.2 Å². The van der Waals surface area contributed by atoms with Gasteiger partial charge in [-0.15, -0.1) is 0 Å². The SMILES string of the molecule is COc1cc(-c2ccc(C3CCc4ccc([C@H](O)[C@H](C)C(=O)O)cc4O3)cc2CN2CCNCC2)c(F)cn1. The van der Waals surface area contributed by atoms with Crippen LogP contribution < -0.4 is 14.8 Å². The third-order valence-corrected chi connectivity index (χ3v) is 7.68. The second-order valence-corrected chi connectivity index (χ2v) is 10.2. The van der Waals surface area contributed by atoms with Gasteiger partial charge in [-0.2, -0.15) is 0 Å². The quantitative estimate of drug-likeness (QED) is 0.396. The Kier molecular flexibility index (Phi) is 8.11. The van der Waals surface area contributed by atoms with Gasteiger partial charge in [0.15, 0.2) is 0 Å². The minimum atomic E-state index is -1.13. The molecule has 9 heteroatoms. The van der Waals surface area contributed by atoms with Crippen LogP contribution in [0.15, 0.2) is 48.7 Å². The number of aliphatic hydroxyl groups excluding tert-OH is 1. The van der Waals surface area contributed by atoms with Crippen molar-refractivity contribution in [2.24, 2.45) is 5.92 Å². The number of benzene rings is 2. The smallest absolute Gasteiger partial charge is 0.309 e. The van der Waals surface area contributed by atoms with E-state index in [9.17, 15) is 19.4 Å². The molecule has 1 saturated heterocycles. The number of carbonyl (C=O) groups is 1. The zero-order valence-electron chi connectivity index (χ0n) is 22.2. The number of nitrogens with one attached hydrogen (secondary N) is 1. The molecule has 3 atom stereocenters. The number of methoxy groups -OCH3 is 1. The van der Waals surface area contributed by atoms with Crippen LogP contribution in [0.5, 0.6) is 11.6 Å². The summed E-state index contributed by atoms with van der Waals surface area (Å²) in [5.74, 6) is -1.40. The van der Waals surface area contributed by atoms with Crippen LogP contribution in [0.2, 0.25) is 0 Å². The number of fused-ring (bicyclic) bond motifs is 1. The first-order chi connectivity index (χ1) is 18.8. The highest BCUT2D eigenvalue weighted by atomic mass is 19.1. The maximum Gasteiger partial charge on any atom is 0.309 e. The second kappa shape index (κ2) is 11.7. The standard InChI is InChI=1S/C30H34FN3O5/c1-18(30(36)37)29(35)21-4-3-19-6-8-26(39-27(19)14-21)20-5-7-23(24-15-28(38-2)33-16-25(24)31)22(13-20)17-34-11-9-32-10-12-34/h3-5,7,13-16,18,26,29,32,35H,6,8-12,17H2,1-2H3,(H,36,37)/t18-,26?,29+/m0/s1. The molecule has 2 aromatic carbocycles. The number of aliphatic hydroxyl groups is 1. The van der Waals surface area contributed by atoms with E-state index in [4.69, 9.17) is 9.47 Å². The number of nitrogens with zero attached hydrogens (tertiary/aromatic N) is 2. The lowest BCUT2D eigenvalue weighted by atomic mass is 9.91. The van der Waals surface area contributed by atoms with Gasteiger partial charge in [0.25, 0.3) is 0 Å². The van der Waals surface area contributed by atoms with Crippen LogP contribution in [-0.4, -0.2) is 59.4 Å². The fraction of sp³-hybridized carbons (Fsp3) is 0.400. The predicted molar refractivity (Wildman–Crippen MR) is 144 cm³/mol. The van der Waals surface area contributed by atoms with Gasteiger partial charge in [-0.3, -0.25) is 9.69 Å². The fourth-order valence-corrected chi connectivity index (χ4v) is 5.28. The maximum atomic E-state index is 15.0. The molecule has 1 unspecified atom stereocenters. The third kappa shape index (κ3) is 5.90. The van der Waals surface area contributed by atoms with E-state index in [-0.39, 0.29) is 6.10 Å². The highest BCUT2D eigenvalue weighted by molar-refractivity contribution is 5.71. The van der Waals surface area contributed by atoms with Gasteiger partial charge in [-0.05, 0) is 53.6 Å². The number of aliphatic carboxylic acids is 1. The number of hydrogen-bond donors (Lipinski definition) is 3. The Morgan fingerprint density at radius 3 is 2.74 bits per heavy atom. The van der Waals surface area contributed by atoms with E-state index in [1.165, 1.54) is 20.2 Å². The lowest BCUT2D eigenvalue weighted by Gasteiger charge is -2.30. The normalized spacial score (nSPS) is 19.0. The molecule has 0 spiro atoms. The summed E-state index contributed by atoms with van der Waals surface area (Å²) >= 11 is 0. The molecule has 0 saturated carbocycles. The highest BCUT2D eigenvalue weighted by Gasteiger charge is 2.27. The van der Waals surface area contributed by atoms with Crippen molar-refractivity contribution in [3.63, 3.8) is 0 Å². The van der Waals surface area contributed by atoms with E-state index < -0.39 is 23.8 Å². The highest BCUT2D eigenvalue weighted by Crippen LogP contribution is 2.39. The number of carboxylic acids is 1. The average molecular weight is 536 g/mol. The Hall–Kier alpha value is -3.53. The van der Waals surface area contributed by atoms with Crippen LogP contribution in [0.3, 0.4) is 0 Å². The Morgan fingerprint density at radius 1 is 1.21 bits per heavy atom. The summed E-state index contributed by atoms with van der Waals surface area (Å²) in [5, 5.41) is 23.2. The fourth-order valence-electron chi connectivity index (χ4n) is 5.28. The number of halogens is 1. The van der Waals surface area contributed by atoms with Crippen molar-refractivity contribution in [3.05, 3.63) is 76.7 Å². The molecule has 1 aromatic heterocycles. The van der Waals surface area contributed by atoms with Crippen LogP contribution in [0.25, 0.3) is 11.1 Å². The molecule has 2 aliphatic heterocycles. The van der Waals surface area contributed by atoms with Crippen LogP contribution in [0, 0.1) is 11.7 Å². The van der Waals surface area contributed by atoms with Gasteiger partial charge in [0.05, 0.1) is 25.3 Å². The summed E-state index contributed by atoms with van der Waals surface area (Å²) in [4.78, 5) is 17.7. The molecule has 206 valence electrons. The molecule has 3 aromatic rings. The molecule has 39 heavy (non-hydrogen) atoms. The molecular weight excluding hydrogens is 501 g/mol. The van der Waals surface area contributed by atoms with Crippen LogP contribution in [0.4, 0.5) is 4.39 Å². The van der Waals surface area contributed by atoms with Crippen molar-refractivity contribution < 1.29 is 28.9 Å². The monoisotopic (exact) mass is 535 g/mol. The van der Waals surface area contributed by atoms with Gasteiger partial charge < -0.3 is 25.0 Å². The number of piperazine rings is 1. The van der Waals surface area contributed by atoms with Crippen molar-refractivity contribution in [1.29, 1.82) is 0 Å². The minimum Gasteiger partial charge on any atom is -0.485 e. The summed E-state index contributed by atoms with van der Waals surface area (Å²) in [6, 6.07) is 13.1. The van der Waals surface area contributed by atoms with E-state index >= 15 is 0 Å².